The van der Waals surface area contributed by atoms with E-state index in [0.717, 1.165) is 32.1 Å². The molecule has 1 aliphatic heterocycles. The molecule has 0 radical (unpaired) electrons. The molecule has 1 aliphatic carbocycles. The first-order chi connectivity index (χ1) is 10.3. The number of fused-ring (bicyclic) bond motifs is 2. The largest absolute Gasteiger partial charge is 0.355 e. The van der Waals surface area contributed by atoms with E-state index >= 15 is 0 Å². The van der Waals surface area contributed by atoms with E-state index in [9.17, 15) is 14.4 Å². The minimum atomic E-state index is -0.534. The number of nitrogens with zero attached hydrogens (tertiary/aromatic N) is 1. The summed E-state index contributed by atoms with van der Waals surface area (Å²) in [7, 11) is 0. The summed E-state index contributed by atoms with van der Waals surface area (Å²) in [5, 5.41) is 2.80. The minimum absolute atomic E-state index is 0.133. The molecule has 124 valence electrons. The molecule has 2 rings (SSSR count). The molecule has 5 nitrogen and oxygen atoms in total. The second-order valence-electron chi connectivity index (χ2n) is 7.43. The average Bonchev–Trinajstić information content (AvgIpc) is 2.65. The molecule has 2 unspecified atom stereocenters. The van der Waals surface area contributed by atoms with Crippen LogP contribution in [0.3, 0.4) is 0 Å². The molecule has 0 aromatic heterocycles. The van der Waals surface area contributed by atoms with Crippen molar-refractivity contribution in [3.05, 3.63) is 0 Å². The third-order valence-corrected chi connectivity index (χ3v) is 5.91. The highest BCUT2D eigenvalue weighted by Gasteiger charge is 2.64. The number of amides is 3. The standard InChI is InChI=1S/C17H28N2O3/c1-5-6-7-10-18-13(20)11-19-14(21)12-8-9-17(4,15(19)22)16(12,2)3/h12H,5-11H2,1-4H3,(H,18,20). The van der Waals surface area contributed by atoms with Gasteiger partial charge in [-0.1, -0.05) is 40.5 Å². The Kier molecular flexibility index (Phi) is 4.64. The summed E-state index contributed by atoms with van der Waals surface area (Å²) in [5.41, 5.74) is -0.858. The van der Waals surface area contributed by atoms with Gasteiger partial charge in [-0.3, -0.25) is 19.3 Å². The number of likely N-dealkylation sites (tertiary alicyclic amines) is 1. The molecule has 3 amide bonds. The zero-order chi connectivity index (χ0) is 16.5. The van der Waals surface area contributed by atoms with E-state index in [4.69, 9.17) is 0 Å². The van der Waals surface area contributed by atoms with Crippen LogP contribution in [0.2, 0.25) is 0 Å². The first kappa shape index (κ1) is 17.0. The molecule has 2 atom stereocenters. The second kappa shape index (κ2) is 6.01. The van der Waals surface area contributed by atoms with E-state index in [-0.39, 0.29) is 35.6 Å². The van der Waals surface area contributed by atoms with Gasteiger partial charge in [0.2, 0.25) is 17.7 Å². The number of hydrogen-bond donors (Lipinski definition) is 1. The normalized spacial score (nSPS) is 29.8. The molecule has 1 saturated heterocycles. The summed E-state index contributed by atoms with van der Waals surface area (Å²) in [5.74, 6) is -0.739. The van der Waals surface area contributed by atoms with Gasteiger partial charge >= 0.3 is 0 Å². The third kappa shape index (κ3) is 2.55. The van der Waals surface area contributed by atoms with Crippen molar-refractivity contribution in [3.63, 3.8) is 0 Å². The van der Waals surface area contributed by atoms with Crippen molar-refractivity contribution in [1.82, 2.24) is 10.2 Å². The molecule has 1 saturated carbocycles. The molecule has 0 aromatic carbocycles. The lowest BCUT2D eigenvalue weighted by molar-refractivity contribution is -0.169. The molecule has 5 heteroatoms. The van der Waals surface area contributed by atoms with Crippen molar-refractivity contribution in [2.75, 3.05) is 13.1 Å². The highest BCUT2D eigenvalue weighted by molar-refractivity contribution is 6.06. The van der Waals surface area contributed by atoms with Gasteiger partial charge in [0.1, 0.15) is 6.54 Å². The topological polar surface area (TPSA) is 66.5 Å². The van der Waals surface area contributed by atoms with E-state index in [0.29, 0.717) is 6.54 Å². The zero-order valence-electron chi connectivity index (χ0n) is 14.2. The Morgan fingerprint density at radius 1 is 1.27 bits per heavy atom. The van der Waals surface area contributed by atoms with Crippen LogP contribution in [-0.4, -0.2) is 35.7 Å². The van der Waals surface area contributed by atoms with Crippen molar-refractivity contribution >= 4 is 17.7 Å². The van der Waals surface area contributed by atoms with Crippen LogP contribution >= 0.6 is 0 Å². The molecule has 2 bridgehead atoms. The van der Waals surface area contributed by atoms with Gasteiger partial charge in [0.15, 0.2) is 0 Å². The predicted octanol–water partition coefficient (Wildman–Crippen LogP) is 2.10. The van der Waals surface area contributed by atoms with Crippen molar-refractivity contribution in [2.45, 2.75) is 59.8 Å². The average molecular weight is 308 g/mol. The Bertz CT molecular complexity index is 486. The van der Waals surface area contributed by atoms with Crippen molar-refractivity contribution < 1.29 is 14.4 Å². The van der Waals surface area contributed by atoms with Gasteiger partial charge in [-0.2, -0.15) is 0 Å². The number of nitrogens with one attached hydrogen (secondary N) is 1. The van der Waals surface area contributed by atoms with Crippen molar-refractivity contribution in [3.8, 4) is 0 Å². The summed E-state index contributed by atoms with van der Waals surface area (Å²) in [6, 6.07) is 0. The fourth-order valence-electron chi connectivity index (χ4n) is 3.85. The highest BCUT2D eigenvalue weighted by atomic mass is 16.2. The SMILES string of the molecule is CCCCCNC(=O)CN1C(=O)C2CCC(C)(C1=O)C2(C)C. The Morgan fingerprint density at radius 3 is 2.59 bits per heavy atom. The first-order valence-corrected chi connectivity index (χ1v) is 8.38. The van der Waals surface area contributed by atoms with E-state index < -0.39 is 5.41 Å². The van der Waals surface area contributed by atoms with Crippen LogP contribution in [-0.2, 0) is 14.4 Å². The van der Waals surface area contributed by atoms with Crippen LogP contribution in [0.1, 0.15) is 59.8 Å². The first-order valence-electron chi connectivity index (χ1n) is 8.38. The number of rotatable bonds is 6. The Morgan fingerprint density at radius 2 is 1.95 bits per heavy atom. The lowest BCUT2D eigenvalue weighted by atomic mass is 9.62. The van der Waals surface area contributed by atoms with E-state index in [1.807, 2.05) is 20.8 Å². The summed E-state index contributed by atoms with van der Waals surface area (Å²) >= 11 is 0. The van der Waals surface area contributed by atoms with Gasteiger partial charge in [-0.15, -0.1) is 0 Å². The Labute approximate surface area is 132 Å². The second-order valence-corrected chi connectivity index (χ2v) is 7.43. The molecule has 2 aliphatic rings. The Balaban J connectivity index is 2.02. The smallest absolute Gasteiger partial charge is 0.240 e. The molecule has 2 fully saturated rings. The van der Waals surface area contributed by atoms with E-state index in [1.165, 1.54) is 4.90 Å². The summed E-state index contributed by atoms with van der Waals surface area (Å²) in [4.78, 5) is 38.6. The Hall–Kier alpha value is -1.39. The highest BCUT2D eigenvalue weighted by Crippen LogP contribution is 2.59. The monoisotopic (exact) mass is 308 g/mol. The number of piperidine rings is 1. The molecule has 0 spiro atoms. The van der Waals surface area contributed by atoms with E-state index in [1.54, 1.807) is 0 Å². The van der Waals surface area contributed by atoms with Crippen LogP contribution in [0.4, 0.5) is 0 Å². The van der Waals surface area contributed by atoms with Crippen molar-refractivity contribution in [2.24, 2.45) is 16.7 Å². The molecule has 22 heavy (non-hydrogen) atoms. The van der Waals surface area contributed by atoms with Crippen LogP contribution in [0.25, 0.3) is 0 Å². The minimum Gasteiger partial charge on any atom is -0.355 e. The maximum atomic E-state index is 12.8. The van der Waals surface area contributed by atoms with Crippen LogP contribution in [0, 0.1) is 16.7 Å². The molecule has 0 aromatic rings. The lowest BCUT2D eigenvalue weighted by Gasteiger charge is -2.47. The summed E-state index contributed by atoms with van der Waals surface area (Å²) in [6.45, 7) is 8.52. The number of unbranched alkanes of at least 4 members (excludes halogenated alkanes) is 2. The van der Waals surface area contributed by atoms with Gasteiger partial charge in [0, 0.05) is 12.5 Å². The predicted molar refractivity (Wildman–Crippen MR) is 83.9 cm³/mol. The fraction of sp³-hybridized carbons (Fsp3) is 0.824. The maximum Gasteiger partial charge on any atom is 0.240 e. The molecule has 1 heterocycles. The van der Waals surface area contributed by atoms with Crippen LogP contribution in [0.15, 0.2) is 0 Å². The fourth-order valence-corrected chi connectivity index (χ4v) is 3.85. The summed E-state index contributed by atoms with van der Waals surface area (Å²) in [6.07, 6.45) is 4.55. The van der Waals surface area contributed by atoms with Crippen molar-refractivity contribution in [1.29, 1.82) is 0 Å². The van der Waals surface area contributed by atoms with Crippen LogP contribution < -0.4 is 5.32 Å². The number of carbonyl (C=O) groups excluding carboxylic acids is 3. The lowest BCUT2D eigenvalue weighted by Crippen LogP contribution is -2.60. The van der Waals surface area contributed by atoms with E-state index in [2.05, 4.69) is 12.2 Å². The third-order valence-electron chi connectivity index (χ3n) is 5.91. The van der Waals surface area contributed by atoms with Gasteiger partial charge in [-0.25, -0.2) is 0 Å². The number of hydrogen-bond acceptors (Lipinski definition) is 3. The zero-order valence-corrected chi connectivity index (χ0v) is 14.2. The van der Waals surface area contributed by atoms with Gasteiger partial charge in [0.25, 0.3) is 0 Å². The maximum absolute atomic E-state index is 12.8. The molecular weight excluding hydrogens is 280 g/mol. The molecule has 1 N–H and O–H groups in total. The summed E-state index contributed by atoms with van der Waals surface area (Å²) < 4.78 is 0. The number of imide groups is 1. The van der Waals surface area contributed by atoms with Gasteiger partial charge in [-0.05, 0) is 24.7 Å². The molecular formula is C17H28N2O3. The van der Waals surface area contributed by atoms with Gasteiger partial charge < -0.3 is 5.32 Å². The van der Waals surface area contributed by atoms with Gasteiger partial charge in [0.05, 0.1) is 5.41 Å². The quantitative estimate of drug-likeness (QED) is 0.603. The number of carbonyl (C=O) groups is 3. The van der Waals surface area contributed by atoms with Crippen LogP contribution in [0.5, 0.6) is 0 Å².